The maximum Gasteiger partial charge on any atom is 0.180 e. The minimum absolute atomic E-state index is 0.121. The maximum atomic E-state index is 13.2. The van der Waals surface area contributed by atoms with Crippen molar-refractivity contribution < 1.29 is 13.9 Å². The maximum absolute atomic E-state index is 13.2. The summed E-state index contributed by atoms with van der Waals surface area (Å²) < 4.78 is 24.4. The summed E-state index contributed by atoms with van der Waals surface area (Å²) in [4.78, 5) is 0. The molecule has 0 amide bonds. The fourth-order valence-electron chi connectivity index (χ4n) is 2.61. The molecule has 8 heteroatoms. The van der Waals surface area contributed by atoms with Crippen molar-refractivity contribution in [3.05, 3.63) is 85.6 Å². The van der Waals surface area contributed by atoms with Gasteiger partial charge in [0.05, 0.1) is 27.2 Å². The van der Waals surface area contributed by atoms with Crippen LogP contribution in [0.3, 0.4) is 0 Å². The van der Waals surface area contributed by atoms with Crippen LogP contribution in [0.2, 0.25) is 20.1 Å². The summed E-state index contributed by atoms with van der Waals surface area (Å²) in [6.07, 6.45) is 0. The van der Waals surface area contributed by atoms with Gasteiger partial charge in [0, 0.05) is 17.8 Å². The molecule has 29 heavy (non-hydrogen) atoms. The van der Waals surface area contributed by atoms with E-state index < -0.39 is 5.82 Å². The van der Waals surface area contributed by atoms with E-state index in [9.17, 15) is 4.39 Å². The van der Waals surface area contributed by atoms with Crippen molar-refractivity contribution in [2.24, 2.45) is 0 Å². The first kappa shape index (κ1) is 21.8. The molecule has 0 unspecified atom stereocenters. The second kappa shape index (κ2) is 9.77. The highest BCUT2D eigenvalue weighted by atomic mass is 35.5. The lowest BCUT2D eigenvalue weighted by Gasteiger charge is -2.15. The Balaban J connectivity index is 1.73. The van der Waals surface area contributed by atoms with E-state index in [1.54, 1.807) is 24.3 Å². The van der Waals surface area contributed by atoms with Crippen LogP contribution in [0.25, 0.3) is 0 Å². The van der Waals surface area contributed by atoms with Crippen LogP contribution in [0.1, 0.15) is 11.1 Å². The zero-order valence-corrected chi connectivity index (χ0v) is 18.3. The molecule has 0 fully saturated rings. The van der Waals surface area contributed by atoms with Gasteiger partial charge in [-0.15, -0.1) is 0 Å². The minimum atomic E-state index is -0.409. The monoisotopic (exact) mass is 473 g/mol. The summed E-state index contributed by atoms with van der Waals surface area (Å²) in [7, 11) is 1.53. The molecule has 0 spiro atoms. The third-order valence-corrected chi connectivity index (χ3v) is 5.46. The first-order valence-electron chi connectivity index (χ1n) is 8.49. The summed E-state index contributed by atoms with van der Waals surface area (Å²) >= 11 is 24.4. The van der Waals surface area contributed by atoms with Gasteiger partial charge in [0.2, 0.25) is 0 Å². The zero-order chi connectivity index (χ0) is 21.0. The van der Waals surface area contributed by atoms with Gasteiger partial charge in [-0.3, -0.25) is 0 Å². The third kappa shape index (κ3) is 5.61. The van der Waals surface area contributed by atoms with Crippen molar-refractivity contribution in [3.63, 3.8) is 0 Å². The number of anilines is 1. The standard InChI is InChI=1S/C21H16Cl4FNO2/c1-28-20-7-12(10-27-15-4-5-16(22)18(24)9-15)6-19(25)21(20)29-11-13-2-3-14(26)8-17(13)23/h2-9,27H,10-11H2,1H3. The Morgan fingerprint density at radius 1 is 0.862 bits per heavy atom. The highest BCUT2D eigenvalue weighted by molar-refractivity contribution is 6.42. The molecule has 0 bridgehead atoms. The summed E-state index contributed by atoms with van der Waals surface area (Å²) in [5.41, 5.74) is 2.34. The molecule has 0 aromatic heterocycles. The SMILES string of the molecule is COc1cc(CNc2ccc(Cl)c(Cl)c2)cc(Cl)c1OCc1ccc(F)cc1Cl. The fraction of sp³-hybridized carbons (Fsp3) is 0.143. The van der Waals surface area contributed by atoms with E-state index >= 15 is 0 Å². The normalized spacial score (nSPS) is 10.7. The number of hydrogen-bond donors (Lipinski definition) is 1. The Morgan fingerprint density at radius 3 is 2.34 bits per heavy atom. The fourth-order valence-corrected chi connectivity index (χ4v) is 3.42. The number of halogens is 5. The Morgan fingerprint density at radius 2 is 1.66 bits per heavy atom. The van der Waals surface area contributed by atoms with E-state index in [2.05, 4.69) is 5.32 Å². The molecule has 0 aliphatic carbocycles. The molecule has 1 N–H and O–H groups in total. The molecular weight excluding hydrogens is 459 g/mol. The largest absolute Gasteiger partial charge is 0.493 e. The van der Waals surface area contributed by atoms with Gasteiger partial charge in [-0.2, -0.15) is 0 Å². The lowest BCUT2D eigenvalue weighted by atomic mass is 10.2. The van der Waals surface area contributed by atoms with Crippen molar-refractivity contribution in [1.29, 1.82) is 0 Å². The molecule has 0 heterocycles. The van der Waals surface area contributed by atoms with Crippen LogP contribution in [0.4, 0.5) is 10.1 Å². The molecule has 0 saturated carbocycles. The van der Waals surface area contributed by atoms with Crippen molar-refractivity contribution in [1.82, 2.24) is 0 Å². The van der Waals surface area contributed by atoms with Gasteiger partial charge in [0.15, 0.2) is 11.5 Å². The van der Waals surface area contributed by atoms with Crippen molar-refractivity contribution in [2.75, 3.05) is 12.4 Å². The third-order valence-electron chi connectivity index (χ3n) is 4.09. The van der Waals surface area contributed by atoms with Gasteiger partial charge in [-0.05, 0) is 48.0 Å². The van der Waals surface area contributed by atoms with Crippen LogP contribution in [0, 0.1) is 5.82 Å². The van der Waals surface area contributed by atoms with Gasteiger partial charge in [-0.25, -0.2) is 4.39 Å². The van der Waals surface area contributed by atoms with Crippen LogP contribution in [-0.4, -0.2) is 7.11 Å². The van der Waals surface area contributed by atoms with E-state index in [1.807, 2.05) is 12.1 Å². The van der Waals surface area contributed by atoms with Gasteiger partial charge in [0.1, 0.15) is 12.4 Å². The minimum Gasteiger partial charge on any atom is -0.493 e. The average molecular weight is 475 g/mol. The Kier molecular flexibility index (Phi) is 7.36. The van der Waals surface area contributed by atoms with Gasteiger partial charge >= 0.3 is 0 Å². The lowest BCUT2D eigenvalue weighted by Crippen LogP contribution is -2.03. The van der Waals surface area contributed by atoms with Gasteiger partial charge in [0.25, 0.3) is 0 Å². The van der Waals surface area contributed by atoms with Gasteiger partial charge < -0.3 is 14.8 Å². The molecule has 3 aromatic carbocycles. The van der Waals surface area contributed by atoms with Crippen LogP contribution in [0.5, 0.6) is 11.5 Å². The van der Waals surface area contributed by atoms with E-state index in [0.717, 1.165) is 11.3 Å². The van der Waals surface area contributed by atoms with E-state index in [1.165, 1.54) is 19.2 Å². The second-order valence-electron chi connectivity index (χ2n) is 6.12. The van der Waals surface area contributed by atoms with Crippen LogP contribution in [0.15, 0.2) is 48.5 Å². The highest BCUT2D eigenvalue weighted by Gasteiger charge is 2.14. The summed E-state index contributed by atoms with van der Waals surface area (Å²) in [5.74, 6) is 0.447. The first-order chi connectivity index (χ1) is 13.9. The molecule has 3 aromatic rings. The van der Waals surface area contributed by atoms with Crippen LogP contribution in [-0.2, 0) is 13.2 Å². The number of ether oxygens (including phenoxy) is 2. The second-order valence-corrected chi connectivity index (χ2v) is 7.74. The number of rotatable bonds is 7. The summed E-state index contributed by atoms with van der Waals surface area (Å²) in [6.45, 7) is 0.605. The Bertz CT molecular complexity index is 1030. The smallest absolute Gasteiger partial charge is 0.180 e. The number of benzene rings is 3. The Hall–Kier alpha value is -1.85. The first-order valence-corrected chi connectivity index (χ1v) is 10.0. The zero-order valence-electron chi connectivity index (χ0n) is 15.2. The van der Waals surface area contributed by atoms with E-state index in [4.69, 9.17) is 55.9 Å². The van der Waals surface area contributed by atoms with Crippen LogP contribution < -0.4 is 14.8 Å². The van der Waals surface area contributed by atoms with E-state index in [-0.39, 0.29) is 11.6 Å². The molecular formula is C21H16Cl4FNO2. The van der Waals surface area contributed by atoms with Crippen molar-refractivity contribution in [3.8, 4) is 11.5 Å². The molecule has 0 aliphatic rings. The quantitative estimate of drug-likeness (QED) is 0.381. The summed E-state index contributed by atoms with van der Waals surface area (Å²) in [6, 6.07) is 13.0. The predicted molar refractivity (Wildman–Crippen MR) is 118 cm³/mol. The van der Waals surface area contributed by atoms with Gasteiger partial charge in [-0.1, -0.05) is 52.5 Å². The topological polar surface area (TPSA) is 30.5 Å². The highest BCUT2D eigenvalue weighted by Crippen LogP contribution is 2.37. The molecule has 0 atom stereocenters. The molecule has 0 saturated heterocycles. The number of hydrogen-bond acceptors (Lipinski definition) is 3. The summed E-state index contributed by atoms with van der Waals surface area (Å²) in [5, 5.41) is 4.87. The number of methoxy groups -OCH3 is 1. The molecule has 0 radical (unpaired) electrons. The van der Waals surface area contributed by atoms with E-state index in [0.29, 0.717) is 38.7 Å². The van der Waals surface area contributed by atoms with Crippen LogP contribution >= 0.6 is 46.4 Å². The Labute approximate surface area is 188 Å². The average Bonchev–Trinajstić information content (AvgIpc) is 2.69. The number of nitrogens with one attached hydrogen (secondary N) is 1. The molecule has 3 rings (SSSR count). The molecule has 0 aliphatic heterocycles. The molecule has 3 nitrogen and oxygen atoms in total. The molecule has 152 valence electrons. The predicted octanol–water partition coefficient (Wildman–Crippen LogP) is 7.64. The van der Waals surface area contributed by atoms with Crippen molar-refractivity contribution >= 4 is 52.1 Å². The van der Waals surface area contributed by atoms with Crippen molar-refractivity contribution in [2.45, 2.75) is 13.2 Å². The lowest BCUT2D eigenvalue weighted by molar-refractivity contribution is 0.284.